The summed E-state index contributed by atoms with van der Waals surface area (Å²) in [6.07, 6.45) is 2.21. The summed E-state index contributed by atoms with van der Waals surface area (Å²) in [5.41, 5.74) is -0.352. The van der Waals surface area contributed by atoms with E-state index in [1.54, 1.807) is 4.90 Å². The molecule has 3 rings (SSSR count). The van der Waals surface area contributed by atoms with Crippen LogP contribution in [0, 0.1) is 11.6 Å². The molecule has 1 aliphatic heterocycles. The van der Waals surface area contributed by atoms with Gasteiger partial charge in [0.1, 0.15) is 5.69 Å². The van der Waals surface area contributed by atoms with Gasteiger partial charge in [0.2, 0.25) is 5.43 Å². The highest BCUT2D eigenvalue weighted by atomic mass is 19.2. The maximum atomic E-state index is 14.4. The van der Waals surface area contributed by atoms with E-state index in [0.717, 1.165) is 10.9 Å². The second-order valence-corrected chi connectivity index (χ2v) is 4.98. The number of aromatic nitrogens is 2. The third-order valence-electron chi connectivity index (χ3n) is 3.64. The number of hydrogen-bond donors (Lipinski definition) is 0. The monoisotopic (exact) mass is 323 g/mol. The SMILES string of the molecule is COc1cn(-c2ccc(N3CCOCC3)c(F)c2F)ncc1=O. The molecule has 1 aromatic heterocycles. The van der Waals surface area contributed by atoms with Gasteiger partial charge in [-0.1, -0.05) is 0 Å². The zero-order chi connectivity index (χ0) is 16.4. The molecule has 0 spiro atoms. The minimum absolute atomic E-state index is 0.00272. The lowest BCUT2D eigenvalue weighted by molar-refractivity contribution is 0.122. The summed E-state index contributed by atoms with van der Waals surface area (Å²) in [4.78, 5) is 13.2. The molecule has 0 unspecified atom stereocenters. The van der Waals surface area contributed by atoms with Crippen molar-refractivity contribution in [3.05, 3.63) is 46.4 Å². The largest absolute Gasteiger partial charge is 0.491 e. The summed E-state index contributed by atoms with van der Waals surface area (Å²) in [6, 6.07) is 2.91. The molecule has 1 aromatic carbocycles. The summed E-state index contributed by atoms with van der Waals surface area (Å²) < 4.78 is 40.0. The Labute approximate surface area is 130 Å². The van der Waals surface area contributed by atoms with Gasteiger partial charge in [-0.25, -0.2) is 13.5 Å². The molecule has 122 valence electrons. The van der Waals surface area contributed by atoms with E-state index in [0.29, 0.717) is 26.3 Å². The Morgan fingerprint density at radius 3 is 2.52 bits per heavy atom. The van der Waals surface area contributed by atoms with Crippen molar-refractivity contribution in [3.8, 4) is 11.4 Å². The average Bonchev–Trinajstić information content (AvgIpc) is 2.59. The van der Waals surface area contributed by atoms with Gasteiger partial charge in [-0.15, -0.1) is 0 Å². The number of hydrogen-bond acceptors (Lipinski definition) is 5. The maximum Gasteiger partial charge on any atom is 0.241 e. The van der Waals surface area contributed by atoms with Crippen molar-refractivity contribution in [1.29, 1.82) is 0 Å². The Hall–Kier alpha value is -2.48. The van der Waals surface area contributed by atoms with E-state index in [2.05, 4.69) is 5.10 Å². The van der Waals surface area contributed by atoms with Crippen LogP contribution in [0.1, 0.15) is 0 Å². The van der Waals surface area contributed by atoms with Gasteiger partial charge in [0.05, 0.1) is 38.4 Å². The lowest BCUT2D eigenvalue weighted by Gasteiger charge is -2.29. The second-order valence-electron chi connectivity index (χ2n) is 4.98. The fourth-order valence-corrected chi connectivity index (χ4v) is 2.43. The Morgan fingerprint density at radius 1 is 1.17 bits per heavy atom. The van der Waals surface area contributed by atoms with Gasteiger partial charge in [0, 0.05) is 13.1 Å². The number of ether oxygens (including phenoxy) is 2. The molecule has 2 aromatic rings. The fraction of sp³-hybridized carbons (Fsp3) is 0.333. The molecule has 1 saturated heterocycles. The third kappa shape index (κ3) is 2.89. The first-order valence-corrected chi connectivity index (χ1v) is 7.06. The van der Waals surface area contributed by atoms with Crippen molar-refractivity contribution in [3.63, 3.8) is 0 Å². The van der Waals surface area contributed by atoms with Crippen LogP contribution in [0.25, 0.3) is 5.69 Å². The van der Waals surface area contributed by atoms with Crippen LogP contribution in [-0.4, -0.2) is 43.2 Å². The molecule has 0 aliphatic carbocycles. The van der Waals surface area contributed by atoms with E-state index >= 15 is 0 Å². The van der Waals surface area contributed by atoms with E-state index in [1.165, 1.54) is 25.4 Å². The van der Waals surface area contributed by atoms with Gasteiger partial charge >= 0.3 is 0 Å². The van der Waals surface area contributed by atoms with Crippen LogP contribution < -0.4 is 15.1 Å². The summed E-state index contributed by atoms with van der Waals surface area (Å²) in [5, 5.41) is 3.79. The fourth-order valence-electron chi connectivity index (χ4n) is 2.43. The average molecular weight is 323 g/mol. The summed E-state index contributed by atoms with van der Waals surface area (Å²) in [7, 11) is 1.32. The molecule has 1 fully saturated rings. The van der Waals surface area contributed by atoms with Crippen LogP contribution >= 0.6 is 0 Å². The molecular weight excluding hydrogens is 308 g/mol. The predicted molar refractivity (Wildman–Crippen MR) is 79.3 cm³/mol. The van der Waals surface area contributed by atoms with Crippen LogP contribution in [0.5, 0.6) is 5.75 Å². The number of benzene rings is 1. The van der Waals surface area contributed by atoms with Gasteiger partial charge in [0.25, 0.3) is 0 Å². The maximum absolute atomic E-state index is 14.4. The first-order chi connectivity index (χ1) is 11.1. The number of nitrogens with zero attached hydrogens (tertiary/aromatic N) is 3. The molecule has 0 amide bonds. The van der Waals surface area contributed by atoms with Crippen molar-refractivity contribution in [1.82, 2.24) is 9.78 Å². The van der Waals surface area contributed by atoms with Crippen LogP contribution in [0.2, 0.25) is 0 Å². The zero-order valence-electron chi connectivity index (χ0n) is 12.5. The van der Waals surface area contributed by atoms with Gasteiger partial charge < -0.3 is 14.4 Å². The Kier molecular flexibility index (Phi) is 4.24. The number of morpholine rings is 1. The molecule has 0 radical (unpaired) electrons. The van der Waals surface area contributed by atoms with E-state index in [-0.39, 0.29) is 17.1 Å². The lowest BCUT2D eigenvalue weighted by Crippen LogP contribution is -2.37. The van der Waals surface area contributed by atoms with Crippen LogP contribution in [0.4, 0.5) is 14.5 Å². The van der Waals surface area contributed by atoms with Crippen LogP contribution in [0.3, 0.4) is 0 Å². The minimum Gasteiger partial charge on any atom is -0.491 e. The van der Waals surface area contributed by atoms with E-state index in [1.807, 2.05) is 0 Å². The highest BCUT2D eigenvalue weighted by Gasteiger charge is 2.21. The highest BCUT2D eigenvalue weighted by molar-refractivity contribution is 5.53. The quantitative estimate of drug-likeness (QED) is 0.853. The second kappa shape index (κ2) is 6.33. The Morgan fingerprint density at radius 2 is 1.83 bits per heavy atom. The Bertz CT molecular complexity index is 773. The molecule has 0 saturated carbocycles. The first kappa shape index (κ1) is 15.4. The minimum atomic E-state index is -1.04. The molecular formula is C15H15F2N3O3. The van der Waals surface area contributed by atoms with Crippen molar-refractivity contribution < 1.29 is 18.3 Å². The van der Waals surface area contributed by atoms with E-state index in [4.69, 9.17) is 9.47 Å². The van der Waals surface area contributed by atoms with Crippen molar-refractivity contribution in [2.45, 2.75) is 0 Å². The standard InChI is InChI=1S/C15H15F2N3O3/c1-22-13-9-20(18-8-12(13)21)11-3-2-10(14(16)15(11)17)19-4-6-23-7-5-19/h2-3,8-9H,4-7H2,1H3. The topological polar surface area (TPSA) is 56.6 Å². The molecule has 23 heavy (non-hydrogen) atoms. The van der Waals surface area contributed by atoms with E-state index < -0.39 is 17.1 Å². The Balaban J connectivity index is 2.01. The molecule has 1 aliphatic rings. The predicted octanol–water partition coefficient (Wildman–Crippen LogP) is 1.36. The lowest BCUT2D eigenvalue weighted by atomic mass is 10.2. The van der Waals surface area contributed by atoms with Gasteiger partial charge in [0.15, 0.2) is 17.4 Å². The zero-order valence-corrected chi connectivity index (χ0v) is 12.5. The summed E-state index contributed by atoms with van der Waals surface area (Å²) in [5.74, 6) is -1.99. The van der Waals surface area contributed by atoms with Gasteiger partial charge in [-0.2, -0.15) is 5.10 Å². The van der Waals surface area contributed by atoms with Crippen molar-refractivity contribution in [2.24, 2.45) is 0 Å². The van der Waals surface area contributed by atoms with Crippen LogP contribution in [-0.2, 0) is 4.74 Å². The van der Waals surface area contributed by atoms with Crippen molar-refractivity contribution >= 4 is 5.69 Å². The first-order valence-electron chi connectivity index (χ1n) is 7.06. The van der Waals surface area contributed by atoms with Gasteiger partial charge in [-0.3, -0.25) is 4.79 Å². The molecule has 2 heterocycles. The summed E-state index contributed by atoms with van der Waals surface area (Å²) in [6.45, 7) is 1.95. The number of anilines is 1. The molecule has 0 atom stereocenters. The number of halogens is 2. The normalized spacial score (nSPS) is 14.8. The summed E-state index contributed by atoms with van der Waals surface area (Å²) >= 11 is 0. The number of methoxy groups -OCH3 is 1. The van der Waals surface area contributed by atoms with Gasteiger partial charge in [-0.05, 0) is 12.1 Å². The smallest absolute Gasteiger partial charge is 0.241 e. The van der Waals surface area contributed by atoms with E-state index in [9.17, 15) is 13.6 Å². The van der Waals surface area contributed by atoms with Crippen molar-refractivity contribution in [2.75, 3.05) is 38.3 Å². The number of rotatable bonds is 3. The molecule has 0 bridgehead atoms. The molecule has 0 N–H and O–H groups in total. The third-order valence-corrected chi connectivity index (χ3v) is 3.64. The highest BCUT2D eigenvalue weighted by Crippen LogP contribution is 2.26. The van der Waals surface area contributed by atoms with Crippen LogP contribution in [0.15, 0.2) is 29.3 Å². The molecule has 6 nitrogen and oxygen atoms in total. The molecule has 8 heteroatoms.